The fraction of sp³-hybridized carbons (Fsp3) is 0.667. The van der Waals surface area contributed by atoms with Gasteiger partial charge in [-0.15, -0.1) is 6.58 Å². The maximum Gasteiger partial charge on any atom is 0.333 e. The van der Waals surface area contributed by atoms with Crippen LogP contribution in [0.5, 0.6) is 0 Å². The Labute approximate surface area is 140 Å². The van der Waals surface area contributed by atoms with E-state index in [1.807, 2.05) is 27.7 Å². The van der Waals surface area contributed by atoms with Crippen LogP contribution in [0.2, 0.25) is 0 Å². The SMILES string of the molecule is C=CC(C)(C)[C@H](N)C(=O)N(C)[C@H](C=C(C)C(=O)OCC)C(C)C. The molecule has 0 saturated heterocycles. The lowest BCUT2D eigenvalue weighted by Gasteiger charge is -2.35. The topological polar surface area (TPSA) is 72.6 Å². The van der Waals surface area contributed by atoms with Gasteiger partial charge in [0.25, 0.3) is 0 Å². The van der Waals surface area contributed by atoms with E-state index in [4.69, 9.17) is 10.5 Å². The van der Waals surface area contributed by atoms with E-state index in [2.05, 4.69) is 6.58 Å². The van der Waals surface area contributed by atoms with Gasteiger partial charge in [-0.3, -0.25) is 4.79 Å². The molecule has 2 N–H and O–H groups in total. The summed E-state index contributed by atoms with van der Waals surface area (Å²) < 4.78 is 4.99. The second-order valence-electron chi connectivity index (χ2n) is 6.76. The molecule has 2 atom stereocenters. The van der Waals surface area contributed by atoms with Gasteiger partial charge in [-0.25, -0.2) is 4.79 Å². The van der Waals surface area contributed by atoms with Gasteiger partial charge in [0.1, 0.15) is 0 Å². The fourth-order valence-electron chi connectivity index (χ4n) is 2.13. The van der Waals surface area contributed by atoms with Crippen molar-refractivity contribution in [2.75, 3.05) is 13.7 Å². The van der Waals surface area contributed by atoms with Gasteiger partial charge in [0, 0.05) is 18.0 Å². The third kappa shape index (κ3) is 5.82. The largest absolute Gasteiger partial charge is 0.463 e. The Morgan fingerprint density at radius 2 is 1.87 bits per heavy atom. The van der Waals surface area contributed by atoms with E-state index in [0.717, 1.165) is 0 Å². The standard InChI is InChI=1S/C18H32N2O3/c1-9-18(6,7)15(19)16(21)20(8)14(12(3)4)11-13(5)17(22)23-10-2/h9,11-12,14-15H,1,10,19H2,2-8H3/t14-,15-/m1/s1. The molecule has 0 aromatic rings. The maximum absolute atomic E-state index is 12.7. The molecule has 0 heterocycles. The molecule has 0 radical (unpaired) electrons. The van der Waals surface area contributed by atoms with E-state index in [1.165, 1.54) is 0 Å². The minimum Gasteiger partial charge on any atom is -0.463 e. The van der Waals surface area contributed by atoms with Crippen molar-refractivity contribution in [3.8, 4) is 0 Å². The molecule has 0 aliphatic carbocycles. The van der Waals surface area contributed by atoms with Gasteiger partial charge in [-0.2, -0.15) is 0 Å². The van der Waals surface area contributed by atoms with Crippen LogP contribution in [0.4, 0.5) is 0 Å². The van der Waals surface area contributed by atoms with Crippen molar-refractivity contribution in [3.63, 3.8) is 0 Å². The molecule has 132 valence electrons. The van der Waals surface area contributed by atoms with Crippen molar-refractivity contribution in [2.45, 2.75) is 53.6 Å². The Kier molecular flexibility index (Phi) is 8.24. The number of rotatable bonds is 8. The van der Waals surface area contributed by atoms with Crippen molar-refractivity contribution in [1.82, 2.24) is 4.90 Å². The zero-order valence-electron chi connectivity index (χ0n) is 15.6. The normalized spacial score (nSPS) is 15.1. The van der Waals surface area contributed by atoms with E-state index in [-0.39, 0.29) is 23.8 Å². The number of amides is 1. The van der Waals surface area contributed by atoms with E-state index >= 15 is 0 Å². The number of carbonyl (C=O) groups excluding carboxylic acids is 2. The molecule has 0 aliphatic rings. The number of nitrogens with zero attached hydrogens (tertiary/aromatic N) is 1. The number of esters is 1. The van der Waals surface area contributed by atoms with Crippen molar-refractivity contribution >= 4 is 11.9 Å². The average Bonchev–Trinajstić information content (AvgIpc) is 2.49. The molecular weight excluding hydrogens is 292 g/mol. The second-order valence-corrected chi connectivity index (χ2v) is 6.76. The van der Waals surface area contributed by atoms with Crippen LogP contribution in [-0.2, 0) is 14.3 Å². The Morgan fingerprint density at radius 3 is 2.26 bits per heavy atom. The average molecular weight is 324 g/mol. The predicted octanol–water partition coefficient (Wildman–Crippen LogP) is 2.52. The smallest absolute Gasteiger partial charge is 0.333 e. The number of likely N-dealkylation sites (N-methyl/N-ethyl adjacent to an activating group) is 1. The van der Waals surface area contributed by atoms with Gasteiger partial charge >= 0.3 is 5.97 Å². The molecule has 0 unspecified atom stereocenters. The Bertz CT molecular complexity index is 467. The van der Waals surface area contributed by atoms with E-state index in [9.17, 15) is 9.59 Å². The molecule has 0 aliphatic heterocycles. The zero-order chi connectivity index (χ0) is 18.4. The molecule has 0 aromatic carbocycles. The van der Waals surface area contributed by atoms with E-state index < -0.39 is 11.5 Å². The maximum atomic E-state index is 12.7. The van der Waals surface area contributed by atoms with Gasteiger partial charge in [0.2, 0.25) is 5.91 Å². The highest BCUT2D eigenvalue weighted by Gasteiger charge is 2.34. The summed E-state index contributed by atoms with van der Waals surface area (Å²) in [4.78, 5) is 26.1. The summed E-state index contributed by atoms with van der Waals surface area (Å²) in [7, 11) is 1.71. The summed E-state index contributed by atoms with van der Waals surface area (Å²) in [5.74, 6) is -0.413. The van der Waals surface area contributed by atoms with E-state index in [1.54, 1.807) is 37.9 Å². The molecule has 0 rings (SSSR count). The van der Waals surface area contributed by atoms with Gasteiger partial charge in [-0.1, -0.05) is 39.8 Å². The number of nitrogens with two attached hydrogens (primary N) is 1. The molecule has 1 amide bonds. The van der Waals surface area contributed by atoms with Gasteiger partial charge in [-0.05, 0) is 19.8 Å². The molecule has 0 aromatic heterocycles. The number of carbonyl (C=O) groups is 2. The van der Waals surface area contributed by atoms with E-state index in [0.29, 0.717) is 12.2 Å². The Morgan fingerprint density at radius 1 is 1.35 bits per heavy atom. The molecule has 23 heavy (non-hydrogen) atoms. The van der Waals surface area contributed by atoms with Gasteiger partial charge < -0.3 is 15.4 Å². The summed E-state index contributed by atoms with van der Waals surface area (Å²) in [5.41, 5.74) is 6.09. The summed E-state index contributed by atoms with van der Waals surface area (Å²) in [6.45, 7) is 15.3. The number of hydrogen-bond donors (Lipinski definition) is 1. The summed E-state index contributed by atoms with van der Waals surface area (Å²) >= 11 is 0. The fourth-order valence-corrected chi connectivity index (χ4v) is 2.13. The predicted molar refractivity (Wildman–Crippen MR) is 93.7 cm³/mol. The van der Waals surface area contributed by atoms with Crippen molar-refractivity contribution in [1.29, 1.82) is 0 Å². The first-order chi connectivity index (χ1) is 10.5. The zero-order valence-corrected chi connectivity index (χ0v) is 15.6. The molecule has 5 heteroatoms. The first-order valence-electron chi connectivity index (χ1n) is 8.00. The highest BCUT2D eigenvalue weighted by molar-refractivity contribution is 5.88. The van der Waals surface area contributed by atoms with Crippen molar-refractivity contribution < 1.29 is 14.3 Å². The Balaban J connectivity index is 5.39. The molecule has 0 saturated carbocycles. The summed E-state index contributed by atoms with van der Waals surface area (Å²) in [6, 6.07) is -0.930. The van der Waals surface area contributed by atoms with Gasteiger partial charge in [0.15, 0.2) is 0 Å². The Hall–Kier alpha value is -1.62. The summed E-state index contributed by atoms with van der Waals surface area (Å²) in [6.07, 6.45) is 3.46. The first kappa shape index (κ1) is 21.4. The van der Waals surface area contributed by atoms with Crippen LogP contribution in [0.1, 0.15) is 41.5 Å². The number of ether oxygens (including phenoxy) is 1. The minimum absolute atomic E-state index is 0.132. The van der Waals surface area contributed by atoms with Crippen LogP contribution in [0, 0.1) is 11.3 Å². The highest BCUT2D eigenvalue weighted by atomic mass is 16.5. The van der Waals surface area contributed by atoms with Crippen LogP contribution >= 0.6 is 0 Å². The monoisotopic (exact) mass is 324 g/mol. The second kappa shape index (κ2) is 8.87. The van der Waals surface area contributed by atoms with Crippen LogP contribution in [0.3, 0.4) is 0 Å². The molecule has 5 nitrogen and oxygen atoms in total. The van der Waals surface area contributed by atoms with Crippen LogP contribution < -0.4 is 5.73 Å². The molecular formula is C18H32N2O3. The molecule has 0 spiro atoms. The van der Waals surface area contributed by atoms with Crippen LogP contribution in [0.15, 0.2) is 24.3 Å². The third-order valence-electron chi connectivity index (χ3n) is 4.09. The highest BCUT2D eigenvalue weighted by Crippen LogP contribution is 2.23. The lowest BCUT2D eigenvalue weighted by molar-refractivity contribution is -0.139. The van der Waals surface area contributed by atoms with Crippen molar-refractivity contribution in [3.05, 3.63) is 24.3 Å². The number of hydrogen-bond acceptors (Lipinski definition) is 4. The van der Waals surface area contributed by atoms with Crippen LogP contribution in [-0.4, -0.2) is 42.5 Å². The first-order valence-corrected chi connectivity index (χ1v) is 8.00. The molecule has 0 fully saturated rings. The van der Waals surface area contributed by atoms with Gasteiger partial charge in [0.05, 0.1) is 18.7 Å². The molecule has 0 bridgehead atoms. The lowest BCUT2D eigenvalue weighted by Crippen LogP contribution is -2.53. The summed E-state index contributed by atoms with van der Waals surface area (Å²) in [5, 5.41) is 0. The third-order valence-corrected chi connectivity index (χ3v) is 4.09. The quantitative estimate of drug-likeness (QED) is 0.423. The van der Waals surface area contributed by atoms with Crippen LogP contribution in [0.25, 0.3) is 0 Å². The minimum atomic E-state index is -0.692. The van der Waals surface area contributed by atoms with Crippen molar-refractivity contribution in [2.24, 2.45) is 17.1 Å². The lowest BCUT2D eigenvalue weighted by atomic mass is 9.84.